The third-order valence-electron chi connectivity index (χ3n) is 5.95. The van der Waals surface area contributed by atoms with Gasteiger partial charge in [0, 0.05) is 6.42 Å². The number of carbonyl (C=O) groups excluding carboxylic acids is 1. The molecule has 0 saturated heterocycles. The van der Waals surface area contributed by atoms with Gasteiger partial charge in [-0.1, -0.05) is 67.6 Å². The van der Waals surface area contributed by atoms with Crippen molar-refractivity contribution in [2.75, 3.05) is 26.2 Å². The molecule has 0 aliphatic carbocycles. The quantitative estimate of drug-likeness (QED) is 0.609. The molecular weight excluding hydrogens is 356 g/mol. The van der Waals surface area contributed by atoms with Crippen molar-refractivity contribution in [3.05, 3.63) is 71.8 Å². The van der Waals surface area contributed by atoms with Crippen LogP contribution in [0.5, 0.6) is 0 Å². The number of halogens is 1. The van der Waals surface area contributed by atoms with E-state index < -0.39 is 5.41 Å². The van der Waals surface area contributed by atoms with E-state index in [1.165, 1.54) is 0 Å². The van der Waals surface area contributed by atoms with Crippen LogP contribution in [-0.2, 0) is 10.2 Å². The minimum absolute atomic E-state index is 0. The molecule has 0 atom stereocenters. The van der Waals surface area contributed by atoms with E-state index in [1.54, 1.807) is 0 Å². The Hall–Kier alpha value is -1.84. The van der Waals surface area contributed by atoms with Gasteiger partial charge in [-0.05, 0) is 31.4 Å². The summed E-state index contributed by atoms with van der Waals surface area (Å²) in [6.07, 6.45) is 1.86. The molecule has 0 radical (unpaired) electrons. The SMILES string of the molecule is CCC[N+](CC)(CC)CCC(C(N)=O)(c1ccccc1)c1ccccc1.[Cl-]. The Bertz CT molecular complexity index is 645. The Morgan fingerprint density at radius 3 is 1.63 bits per heavy atom. The summed E-state index contributed by atoms with van der Waals surface area (Å²) in [5.41, 5.74) is 7.26. The fourth-order valence-corrected chi connectivity index (χ4v) is 4.16. The van der Waals surface area contributed by atoms with Gasteiger partial charge >= 0.3 is 0 Å². The zero-order chi connectivity index (χ0) is 19.0. The average Bonchev–Trinajstić information content (AvgIpc) is 2.69. The number of primary amides is 1. The number of quaternary nitrogens is 1. The summed E-state index contributed by atoms with van der Waals surface area (Å²) in [6.45, 7) is 10.9. The number of rotatable bonds is 10. The predicted octanol–water partition coefficient (Wildman–Crippen LogP) is 1.12. The molecule has 0 aliphatic heterocycles. The molecule has 0 heterocycles. The van der Waals surface area contributed by atoms with Crippen LogP contribution in [0.2, 0.25) is 0 Å². The Labute approximate surface area is 170 Å². The van der Waals surface area contributed by atoms with Crippen molar-refractivity contribution in [2.45, 2.75) is 39.0 Å². The van der Waals surface area contributed by atoms with Crippen LogP contribution in [0.4, 0.5) is 0 Å². The van der Waals surface area contributed by atoms with Crippen LogP contribution in [0.15, 0.2) is 60.7 Å². The average molecular weight is 389 g/mol. The van der Waals surface area contributed by atoms with Gasteiger partial charge in [-0.2, -0.15) is 0 Å². The van der Waals surface area contributed by atoms with E-state index in [9.17, 15) is 4.79 Å². The minimum Gasteiger partial charge on any atom is -1.00 e. The van der Waals surface area contributed by atoms with Crippen LogP contribution in [0.3, 0.4) is 0 Å². The number of nitrogens with zero attached hydrogens (tertiary/aromatic N) is 1. The summed E-state index contributed by atoms with van der Waals surface area (Å²) in [5, 5.41) is 0. The normalized spacial score (nSPS) is 11.7. The molecule has 4 heteroatoms. The standard InChI is InChI=1S/C23H32N2O.ClH/c1-4-18-25(5-2,6-3)19-17-23(22(24)26,20-13-9-7-10-14-20)21-15-11-8-12-16-21;/h7-16H,4-6,17-19H2,1-3H3,(H-,24,26);1H. The van der Waals surface area contributed by atoms with Crippen molar-refractivity contribution in [3.63, 3.8) is 0 Å². The van der Waals surface area contributed by atoms with Crippen LogP contribution < -0.4 is 18.1 Å². The van der Waals surface area contributed by atoms with Gasteiger partial charge in [-0.25, -0.2) is 0 Å². The largest absolute Gasteiger partial charge is 1.00 e. The molecule has 2 aromatic carbocycles. The van der Waals surface area contributed by atoms with Crippen LogP contribution in [-0.4, -0.2) is 36.6 Å². The number of nitrogens with two attached hydrogens (primary N) is 1. The second-order valence-corrected chi connectivity index (χ2v) is 7.17. The zero-order valence-corrected chi connectivity index (χ0v) is 17.6. The molecule has 1 amide bonds. The highest BCUT2D eigenvalue weighted by Crippen LogP contribution is 2.36. The van der Waals surface area contributed by atoms with E-state index in [0.29, 0.717) is 0 Å². The molecule has 0 spiro atoms. The third kappa shape index (κ3) is 4.91. The van der Waals surface area contributed by atoms with E-state index in [-0.39, 0.29) is 18.3 Å². The van der Waals surface area contributed by atoms with Gasteiger partial charge in [0.15, 0.2) is 0 Å². The van der Waals surface area contributed by atoms with E-state index in [1.807, 2.05) is 60.7 Å². The highest BCUT2D eigenvalue weighted by Gasteiger charge is 2.42. The molecule has 27 heavy (non-hydrogen) atoms. The van der Waals surface area contributed by atoms with Gasteiger partial charge in [-0.15, -0.1) is 0 Å². The Morgan fingerprint density at radius 2 is 1.30 bits per heavy atom. The summed E-state index contributed by atoms with van der Waals surface area (Å²) >= 11 is 0. The molecule has 0 saturated carbocycles. The van der Waals surface area contributed by atoms with Crippen molar-refractivity contribution < 1.29 is 21.7 Å². The number of hydrogen-bond donors (Lipinski definition) is 1. The molecule has 0 fully saturated rings. The lowest BCUT2D eigenvalue weighted by atomic mass is 9.71. The lowest BCUT2D eigenvalue weighted by molar-refractivity contribution is -0.925. The maximum absolute atomic E-state index is 12.9. The molecule has 148 valence electrons. The summed E-state index contributed by atoms with van der Waals surface area (Å²) in [4.78, 5) is 12.9. The third-order valence-corrected chi connectivity index (χ3v) is 5.95. The van der Waals surface area contributed by atoms with Gasteiger partial charge in [0.1, 0.15) is 5.41 Å². The zero-order valence-electron chi connectivity index (χ0n) is 16.8. The lowest BCUT2D eigenvalue weighted by Gasteiger charge is -2.40. The van der Waals surface area contributed by atoms with Crippen LogP contribution in [0.25, 0.3) is 0 Å². The van der Waals surface area contributed by atoms with Crippen molar-refractivity contribution in [2.24, 2.45) is 5.73 Å². The second-order valence-electron chi connectivity index (χ2n) is 7.17. The topological polar surface area (TPSA) is 43.1 Å². The first kappa shape index (κ1) is 23.2. The van der Waals surface area contributed by atoms with Gasteiger partial charge in [0.2, 0.25) is 5.91 Å². The van der Waals surface area contributed by atoms with Crippen molar-refractivity contribution >= 4 is 5.91 Å². The summed E-state index contributed by atoms with van der Waals surface area (Å²) in [5.74, 6) is -0.267. The van der Waals surface area contributed by atoms with E-state index in [4.69, 9.17) is 5.73 Å². The van der Waals surface area contributed by atoms with Crippen LogP contribution in [0, 0.1) is 0 Å². The summed E-state index contributed by atoms with van der Waals surface area (Å²) < 4.78 is 1.02. The number of carbonyl (C=O) groups is 1. The molecule has 0 bridgehead atoms. The Kier molecular flexibility index (Phi) is 9.01. The fraction of sp³-hybridized carbons (Fsp3) is 0.435. The van der Waals surface area contributed by atoms with E-state index in [2.05, 4.69) is 20.8 Å². The van der Waals surface area contributed by atoms with Gasteiger partial charge in [-0.3, -0.25) is 4.79 Å². The molecule has 2 rings (SSSR count). The first-order chi connectivity index (χ1) is 12.5. The number of amides is 1. The van der Waals surface area contributed by atoms with Crippen molar-refractivity contribution in [1.29, 1.82) is 0 Å². The fourth-order valence-electron chi connectivity index (χ4n) is 4.16. The molecular formula is C23H33ClN2O. The van der Waals surface area contributed by atoms with Crippen molar-refractivity contribution in [1.82, 2.24) is 0 Å². The number of benzene rings is 2. The highest BCUT2D eigenvalue weighted by atomic mass is 35.5. The number of hydrogen-bond acceptors (Lipinski definition) is 1. The molecule has 0 aliphatic rings. The highest BCUT2D eigenvalue weighted by molar-refractivity contribution is 5.90. The van der Waals surface area contributed by atoms with Gasteiger partial charge in [0.25, 0.3) is 0 Å². The predicted molar refractivity (Wildman–Crippen MR) is 109 cm³/mol. The van der Waals surface area contributed by atoms with Crippen molar-refractivity contribution in [3.8, 4) is 0 Å². The van der Waals surface area contributed by atoms with E-state index >= 15 is 0 Å². The maximum atomic E-state index is 12.9. The van der Waals surface area contributed by atoms with Crippen LogP contribution >= 0.6 is 0 Å². The molecule has 2 N–H and O–H groups in total. The smallest absolute Gasteiger partial charge is 0.232 e. The minimum atomic E-state index is -0.788. The molecule has 0 aromatic heterocycles. The first-order valence-corrected chi connectivity index (χ1v) is 9.80. The lowest BCUT2D eigenvalue weighted by Crippen LogP contribution is -3.00. The Balaban J connectivity index is 0.00000364. The first-order valence-electron chi connectivity index (χ1n) is 9.80. The monoisotopic (exact) mass is 388 g/mol. The summed E-state index contributed by atoms with van der Waals surface area (Å²) in [6, 6.07) is 20.1. The summed E-state index contributed by atoms with van der Waals surface area (Å²) in [7, 11) is 0. The van der Waals surface area contributed by atoms with E-state index in [0.717, 1.165) is 54.6 Å². The molecule has 2 aromatic rings. The maximum Gasteiger partial charge on any atom is 0.232 e. The van der Waals surface area contributed by atoms with Gasteiger partial charge in [0.05, 0.1) is 26.2 Å². The second kappa shape index (κ2) is 10.5. The Morgan fingerprint density at radius 1 is 0.852 bits per heavy atom. The van der Waals surface area contributed by atoms with Gasteiger partial charge < -0.3 is 22.6 Å². The van der Waals surface area contributed by atoms with Crippen LogP contribution in [0.1, 0.15) is 44.7 Å². The molecule has 0 unspecified atom stereocenters. The molecule has 3 nitrogen and oxygen atoms in total.